The van der Waals surface area contributed by atoms with E-state index >= 15 is 0 Å². The number of nitrogens with one attached hydrogen (secondary N) is 2. The van der Waals surface area contributed by atoms with Crippen molar-refractivity contribution < 1.29 is 16.8 Å². The minimum absolute atomic E-state index is 0.0440. The Morgan fingerprint density at radius 2 is 1.75 bits per heavy atom. The van der Waals surface area contributed by atoms with Gasteiger partial charge in [-0.25, -0.2) is 25.9 Å². The summed E-state index contributed by atoms with van der Waals surface area (Å²) in [7, 11) is -4.61. The fourth-order valence-corrected chi connectivity index (χ4v) is 4.46. The van der Waals surface area contributed by atoms with E-state index in [2.05, 4.69) is 14.9 Å². The van der Waals surface area contributed by atoms with Crippen LogP contribution in [0.5, 0.6) is 0 Å². The average Bonchev–Trinajstić information content (AvgIpc) is 2.55. The van der Waals surface area contributed by atoms with E-state index in [1.54, 1.807) is 0 Å². The van der Waals surface area contributed by atoms with Crippen molar-refractivity contribution in [2.75, 3.05) is 53.4 Å². The molecule has 0 aromatic heterocycles. The summed E-state index contributed by atoms with van der Waals surface area (Å²) in [4.78, 5) is 2.08. The van der Waals surface area contributed by atoms with Crippen molar-refractivity contribution in [3.05, 3.63) is 24.3 Å². The lowest BCUT2D eigenvalue weighted by Gasteiger charge is -2.27. The summed E-state index contributed by atoms with van der Waals surface area (Å²) in [5, 5.41) is 3.24. The summed E-state index contributed by atoms with van der Waals surface area (Å²) in [6.07, 6.45) is 0. The van der Waals surface area contributed by atoms with Crippen molar-refractivity contribution >= 4 is 20.0 Å². The van der Waals surface area contributed by atoms with Crippen molar-refractivity contribution in [3.8, 4) is 0 Å². The van der Waals surface area contributed by atoms with E-state index in [1.165, 1.54) is 38.4 Å². The number of hydrogen-bond donors (Lipinski definition) is 2. The molecular weight excluding hydrogens is 352 g/mol. The Morgan fingerprint density at radius 3 is 2.38 bits per heavy atom. The van der Waals surface area contributed by atoms with Crippen LogP contribution in [0.25, 0.3) is 0 Å². The standard InChI is InChI=1S/C14H24N4O4S2/c1-17(2)24(21,22)14-5-3-4-13(12-14)23(19,20)16-8-11-18-9-6-15-7-10-18/h3-5,12,15-16H,6-11H2,1-2H3. The molecule has 0 amide bonds. The quantitative estimate of drug-likeness (QED) is 0.641. The molecule has 0 saturated carbocycles. The third-order valence-corrected chi connectivity index (χ3v) is 7.09. The Balaban J connectivity index is 2.06. The van der Waals surface area contributed by atoms with Crippen molar-refractivity contribution in [1.82, 2.24) is 19.2 Å². The predicted octanol–water partition coefficient (Wildman–Crippen LogP) is -0.880. The molecule has 0 spiro atoms. The SMILES string of the molecule is CN(C)S(=O)(=O)c1cccc(S(=O)(=O)NCCN2CCNCC2)c1. The lowest BCUT2D eigenvalue weighted by atomic mass is 10.3. The number of sulfonamides is 2. The van der Waals surface area contributed by atoms with Gasteiger partial charge in [0.2, 0.25) is 20.0 Å². The molecule has 1 aromatic carbocycles. The summed E-state index contributed by atoms with van der Waals surface area (Å²) < 4.78 is 52.6. The highest BCUT2D eigenvalue weighted by Crippen LogP contribution is 2.17. The molecule has 0 unspecified atom stereocenters. The molecule has 0 bridgehead atoms. The first-order valence-electron chi connectivity index (χ1n) is 7.69. The molecule has 1 aliphatic rings. The first kappa shape index (κ1) is 19.3. The number of benzene rings is 1. The zero-order chi connectivity index (χ0) is 17.8. The molecule has 2 rings (SSSR count). The van der Waals surface area contributed by atoms with Gasteiger partial charge >= 0.3 is 0 Å². The molecule has 1 saturated heterocycles. The molecule has 0 radical (unpaired) electrons. The maximum Gasteiger partial charge on any atom is 0.242 e. The summed E-state index contributed by atoms with van der Waals surface area (Å²) in [6.45, 7) is 4.48. The van der Waals surface area contributed by atoms with Gasteiger partial charge in [-0.1, -0.05) is 6.07 Å². The van der Waals surface area contributed by atoms with Gasteiger partial charge in [-0.3, -0.25) is 4.90 Å². The second-order valence-corrected chi connectivity index (χ2v) is 9.67. The van der Waals surface area contributed by atoms with E-state index in [0.717, 1.165) is 30.5 Å². The van der Waals surface area contributed by atoms with E-state index in [1.807, 2.05) is 0 Å². The third kappa shape index (κ3) is 4.74. The van der Waals surface area contributed by atoms with Crippen LogP contribution in [0.3, 0.4) is 0 Å². The maximum absolute atomic E-state index is 12.4. The largest absolute Gasteiger partial charge is 0.314 e. The fourth-order valence-electron chi connectivity index (χ4n) is 2.37. The van der Waals surface area contributed by atoms with Gasteiger partial charge in [-0.05, 0) is 18.2 Å². The van der Waals surface area contributed by atoms with Crippen molar-refractivity contribution in [1.29, 1.82) is 0 Å². The number of nitrogens with zero attached hydrogens (tertiary/aromatic N) is 2. The van der Waals surface area contributed by atoms with Crippen LogP contribution >= 0.6 is 0 Å². The highest BCUT2D eigenvalue weighted by molar-refractivity contribution is 7.90. The average molecular weight is 377 g/mol. The van der Waals surface area contributed by atoms with Gasteiger partial charge < -0.3 is 5.32 Å². The molecule has 1 fully saturated rings. The summed E-state index contributed by atoms with van der Waals surface area (Å²) in [5.41, 5.74) is 0. The van der Waals surface area contributed by atoms with E-state index in [9.17, 15) is 16.8 Å². The Labute approximate surface area is 143 Å². The highest BCUT2D eigenvalue weighted by atomic mass is 32.2. The van der Waals surface area contributed by atoms with E-state index in [-0.39, 0.29) is 16.3 Å². The highest BCUT2D eigenvalue weighted by Gasteiger charge is 2.21. The normalized spacial score (nSPS) is 17.3. The second-order valence-electron chi connectivity index (χ2n) is 5.75. The molecule has 1 heterocycles. The van der Waals surface area contributed by atoms with Crippen LogP contribution in [-0.4, -0.2) is 79.4 Å². The van der Waals surface area contributed by atoms with Gasteiger partial charge in [0, 0.05) is 53.4 Å². The first-order valence-corrected chi connectivity index (χ1v) is 10.6. The molecule has 10 heteroatoms. The van der Waals surface area contributed by atoms with E-state index in [0.29, 0.717) is 6.54 Å². The molecule has 8 nitrogen and oxygen atoms in total. The van der Waals surface area contributed by atoms with Crippen LogP contribution in [0.4, 0.5) is 0 Å². The number of hydrogen-bond acceptors (Lipinski definition) is 6. The van der Waals surface area contributed by atoms with Crippen LogP contribution in [-0.2, 0) is 20.0 Å². The molecule has 1 aromatic rings. The molecule has 0 aliphatic carbocycles. The minimum atomic E-state index is -3.74. The fraction of sp³-hybridized carbons (Fsp3) is 0.571. The molecule has 136 valence electrons. The summed E-state index contributed by atoms with van der Waals surface area (Å²) >= 11 is 0. The van der Waals surface area contributed by atoms with Gasteiger partial charge in [0.25, 0.3) is 0 Å². The lowest BCUT2D eigenvalue weighted by Crippen LogP contribution is -2.46. The summed E-state index contributed by atoms with van der Waals surface area (Å²) in [5.74, 6) is 0. The third-order valence-electron chi connectivity index (χ3n) is 3.82. The van der Waals surface area contributed by atoms with E-state index < -0.39 is 20.0 Å². The Bertz CT molecular complexity index is 757. The Kier molecular flexibility index (Phi) is 6.34. The molecule has 1 aliphatic heterocycles. The van der Waals surface area contributed by atoms with Crippen LogP contribution in [0, 0.1) is 0 Å². The van der Waals surface area contributed by atoms with Crippen LogP contribution in [0.1, 0.15) is 0 Å². The van der Waals surface area contributed by atoms with Gasteiger partial charge in [0.1, 0.15) is 0 Å². The van der Waals surface area contributed by atoms with Gasteiger partial charge in [-0.2, -0.15) is 0 Å². The predicted molar refractivity (Wildman–Crippen MR) is 91.8 cm³/mol. The van der Waals surface area contributed by atoms with Crippen molar-refractivity contribution in [2.24, 2.45) is 0 Å². The van der Waals surface area contributed by atoms with Crippen LogP contribution in [0.2, 0.25) is 0 Å². The zero-order valence-electron chi connectivity index (χ0n) is 13.9. The summed E-state index contributed by atoms with van der Waals surface area (Å²) in [6, 6.07) is 5.39. The Morgan fingerprint density at radius 1 is 1.12 bits per heavy atom. The van der Waals surface area contributed by atoms with Crippen LogP contribution < -0.4 is 10.0 Å². The number of rotatable bonds is 7. The van der Waals surface area contributed by atoms with Crippen LogP contribution in [0.15, 0.2) is 34.1 Å². The smallest absolute Gasteiger partial charge is 0.242 e. The monoisotopic (exact) mass is 376 g/mol. The van der Waals surface area contributed by atoms with E-state index in [4.69, 9.17) is 0 Å². The van der Waals surface area contributed by atoms with Gasteiger partial charge in [0.15, 0.2) is 0 Å². The van der Waals surface area contributed by atoms with Gasteiger partial charge in [0.05, 0.1) is 9.79 Å². The number of piperazine rings is 1. The molecule has 24 heavy (non-hydrogen) atoms. The molecule has 0 atom stereocenters. The van der Waals surface area contributed by atoms with Crippen molar-refractivity contribution in [2.45, 2.75) is 9.79 Å². The first-order chi connectivity index (χ1) is 11.2. The molecular formula is C14H24N4O4S2. The molecule has 2 N–H and O–H groups in total. The minimum Gasteiger partial charge on any atom is -0.314 e. The second kappa shape index (κ2) is 7.89. The topological polar surface area (TPSA) is 98.8 Å². The van der Waals surface area contributed by atoms with Gasteiger partial charge in [-0.15, -0.1) is 0 Å². The Hall–Kier alpha value is -1.04. The van der Waals surface area contributed by atoms with Crippen molar-refractivity contribution in [3.63, 3.8) is 0 Å². The maximum atomic E-state index is 12.4. The lowest BCUT2D eigenvalue weighted by molar-refractivity contribution is 0.245. The zero-order valence-corrected chi connectivity index (χ0v) is 15.5.